The Morgan fingerprint density at radius 2 is 0.333 bits per heavy atom. The fourth-order valence-corrected chi connectivity index (χ4v) is 0. The first-order valence-electron chi connectivity index (χ1n) is 0. The molecule has 0 aromatic carbocycles. The molecule has 0 unspecified atom stereocenters. The predicted molar refractivity (Wildman–Crippen MR) is 0 cm³/mol. The summed E-state index contributed by atoms with van der Waals surface area (Å²) in [6.07, 6.45) is 0. The summed E-state index contributed by atoms with van der Waals surface area (Å²) in [5.74, 6) is 0. The van der Waals surface area contributed by atoms with Gasteiger partial charge in [-0.3, -0.25) is 0 Å². The van der Waals surface area contributed by atoms with Crippen LogP contribution in [0.4, 0.5) is 0 Å². The summed E-state index contributed by atoms with van der Waals surface area (Å²) in [4.78, 5) is 0. The third-order valence-electron chi connectivity index (χ3n) is 0. The van der Waals surface area contributed by atoms with Gasteiger partial charge in [0.15, 0.2) is 0 Å². The van der Waals surface area contributed by atoms with Crippen LogP contribution in [-0.4, -0.2) is 0 Å². The number of hydrogen-bond acceptors (Lipinski definition) is 0. The molecule has 0 N–H and O–H groups in total. The fourth-order valence-electron chi connectivity index (χ4n) is 0. The van der Waals surface area contributed by atoms with Crippen LogP contribution < -0.4 is 0 Å². The SMILES string of the molecule is [Mn].[Mn].[Mn].[Mn].[Mn].[Tm]. The molecule has 0 nitrogen and oxygen atoms in total. The number of rotatable bonds is 0. The van der Waals surface area contributed by atoms with E-state index in [9.17, 15) is 0 Å². The first kappa shape index (κ1) is 52.2. The van der Waals surface area contributed by atoms with E-state index in [-0.39, 0.29) is 122 Å². The van der Waals surface area contributed by atoms with Crippen molar-refractivity contribution in [1.29, 1.82) is 0 Å². The number of hydrogen-bond donors (Lipinski definition) is 0. The molecule has 48 valence electrons. The second kappa shape index (κ2) is 36.9. The largest absolute Gasteiger partial charge is 0 e. The van der Waals surface area contributed by atoms with Crippen molar-refractivity contribution in [3.05, 3.63) is 0 Å². The van der Waals surface area contributed by atoms with Crippen molar-refractivity contribution in [1.82, 2.24) is 0 Å². The summed E-state index contributed by atoms with van der Waals surface area (Å²) >= 11 is 0. The van der Waals surface area contributed by atoms with E-state index >= 15 is 0 Å². The van der Waals surface area contributed by atoms with Crippen LogP contribution >= 0.6 is 0 Å². The molecule has 6 radical (unpaired) electrons. The molecule has 0 bridgehead atoms. The Morgan fingerprint density at radius 1 is 0.333 bits per heavy atom. The molecule has 0 saturated heterocycles. The molecule has 0 heterocycles. The van der Waals surface area contributed by atoms with Gasteiger partial charge >= 0.3 is 0 Å². The van der Waals surface area contributed by atoms with Gasteiger partial charge in [-0.05, 0) is 0 Å². The van der Waals surface area contributed by atoms with Crippen LogP contribution in [-0.2, 0) is 85.3 Å². The Bertz CT molecular complexity index is 3.90. The smallest absolute Gasteiger partial charge is 0 e. The maximum Gasteiger partial charge on any atom is 0 e. The zero-order valence-corrected chi connectivity index (χ0v) is 9.85. The third-order valence-corrected chi connectivity index (χ3v) is 0. The minimum absolute atomic E-state index is 0. The Balaban J connectivity index is 0. The van der Waals surface area contributed by atoms with Gasteiger partial charge < -0.3 is 0 Å². The van der Waals surface area contributed by atoms with Gasteiger partial charge in [-0.2, -0.15) is 0 Å². The Kier molecular flexibility index (Phi) is 321. The molecule has 0 aromatic rings. The summed E-state index contributed by atoms with van der Waals surface area (Å²) in [5.41, 5.74) is 0. The van der Waals surface area contributed by atoms with Crippen molar-refractivity contribution < 1.29 is 122 Å². The standard InChI is InChI=1S/5Mn.Tm. The van der Waals surface area contributed by atoms with Gasteiger partial charge in [-0.25, -0.2) is 0 Å². The maximum atomic E-state index is 0. The summed E-state index contributed by atoms with van der Waals surface area (Å²) in [5, 5.41) is 0. The maximum absolute atomic E-state index is 0. The molecule has 6 heavy (non-hydrogen) atoms. The van der Waals surface area contributed by atoms with Crippen molar-refractivity contribution in [2.45, 2.75) is 0 Å². The molecule has 0 spiro atoms. The van der Waals surface area contributed by atoms with Gasteiger partial charge in [0.05, 0.1) is 0 Å². The van der Waals surface area contributed by atoms with Crippen LogP contribution in [0.2, 0.25) is 0 Å². The topological polar surface area (TPSA) is 0 Å². The van der Waals surface area contributed by atoms with E-state index < -0.39 is 0 Å². The molecule has 0 fully saturated rings. The Morgan fingerprint density at radius 3 is 0.333 bits per heavy atom. The second-order valence-electron chi connectivity index (χ2n) is 0. The zero-order chi connectivity index (χ0) is 0. The van der Waals surface area contributed by atoms with E-state index in [2.05, 4.69) is 0 Å². The van der Waals surface area contributed by atoms with Gasteiger partial charge in [0, 0.05) is 122 Å². The van der Waals surface area contributed by atoms with Gasteiger partial charge in [-0.15, -0.1) is 0 Å². The van der Waals surface area contributed by atoms with Gasteiger partial charge in [0.2, 0.25) is 0 Å². The first-order chi connectivity index (χ1) is 0. The first-order valence-corrected chi connectivity index (χ1v) is 0. The molecule has 0 aromatic heterocycles. The van der Waals surface area contributed by atoms with Crippen LogP contribution in [0.1, 0.15) is 0 Å². The van der Waals surface area contributed by atoms with E-state index in [1.165, 1.54) is 0 Å². The van der Waals surface area contributed by atoms with Crippen LogP contribution in [0, 0.1) is 36.9 Å². The van der Waals surface area contributed by atoms with Crippen LogP contribution in [0.3, 0.4) is 0 Å². The predicted octanol–water partition coefficient (Wildman–Crippen LogP) is -0.0125. The van der Waals surface area contributed by atoms with E-state index in [0.717, 1.165) is 0 Å². The van der Waals surface area contributed by atoms with Gasteiger partial charge in [-0.1, -0.05) is 0 Å². The molecule has 6 heteroatoms. The van der Waals surface area contributed by atoms with Crippen molar-refractivity contribution in [3.63, 3.8) is 0 Å². The van der Waals surface area contributed by atoms with E-state index in [0.29, 0.717) is 0 Å². The zero-order valence-electron chi connectivity index (χ0n) is 2.17. The Labute approximate surface area is 120 Å². The van der Waals surface area contributed by atoms with E-state index in [4.69, 9.17) is 0 Å². The summed E-state index contributed by atoms with van der Waals surface area (Å²) in [7, 11) is 0. The average molecular weight is 444 g/mol. The molecule has 0 rings (SSSR count). The molecule has 0 atom stereocenters. The Hall–Kier alpha value is 3.83. The summed E-state index contributed by atoms with van der Waals surface area (Å²) in [6.45, 7) is 0. The molecular weight excluding hydrogens is 444 g/mol. The molecule has 0 aliphatic carbocycles. The normalized spacial score (nSPS) is 0. The molecule has 0 amide bonds. The monoisotopic (exact) mass is 444 g/mol. The van der Waals surface area contributed by atoms with Crippen molar-refractivity contribution in [2.24, 2.45) is 0 Å². The molecule has 0 saturated carbocycles. The van der Waals surface area contributed by atoms with Crippen LogP contribution in [0.25, 0.3) is 0 Å². The fraction of sp³-hybridized carbons (Fsp3) is 0. The van der Waals surface area contributed by atoms with E-state index in [1.807, 2.05) is 0 Å². The minimum atomic E-state index is 0. The molecule has 0 aliphatic rings. The quantitative estimate of drug-likeness (QED) is 0.462. The van der Waals surface area contributed by atoms with Crippen molar-refractivity contribution in [2.75, 3.05) is 0 Å². The van der Waals surface area contributed by atoms with E-state index in [1.54, 1.807) is 0 Å². The minimum Gasteiger partial charge on any atom is 0 e. The molecular formula is Mn5Tm. The van der Waals surface area contributed by atoms with Crippen LogP contribution in [0.15, 0.2) is 0 Å². The third kappa shape index (κ3) is 24.9. The second-order valence-corrected chi connectivity index (χ2v) is 0. The molecule has 0 aliphatic heterocycles. The van der Waals surface area contributed by atoms with Gasteiger partial charge in [0.25, 0.3) is 0 Å². The van der Waals surface area contributed by atoms with Crippen LogP contribution in [0.5, 0.6) is 0 Å². The summed E-state index contributed by atoms with van der Waals surface area (Å²) in [6, 6.07) is 0. The van der Waals surface area contributed by atoms with Crippen molar-refractivity contribution >= 4 is 0 Å². The van der Waals surface area contributed by atoms with Gasteiger partial charge in [0.1, 0.15) is 0 Å². The summed E-state index contributed by atoms with van der Waals surface area (Å²) < 4.78 is 0. The van der Waals surface area contributed by atoms with Crippen molar-refractivity contribution in [3.8, 4) is 0 Å². The average Bonchev–Trinajstić information content (AvgIpc) is 0.